The van der Waals surface area contributed by atoms with Crippen LogP contribution in [-0.2, 0) is 6.54 Å². The summed E-state index contributed by atoms with van der Waals surface area (Å²) in [5.41, 5.74) is 1.40. The number of urea groups is 1. The van der Waals surface area contributed by atoms with E-state index in [2.05, 4.69) is 15.6 Å². The minimum atomic E-state index is -0.326. The average molecular weight is 266 g/mol. The van der Waals surface area contributed by atoms with Crippen molar-refractivity contribution in [1.82, 2.24) is 10.3 Å². The molecule has 0 bridgehead atoms. The quantitative estimate of drug-likeness (QED) is 0.897. The first-order valence-corrected chi connectivity index (χ1v) is 5.72. The Morgan fingerprint density at radius 2 is 2.33 bits per heavy atom. The summed E-state index contributed by atoms with van der Waals surface area (Å²) in [6, 6.07) is 6.60. The molecule has 0 aliphatic heterocycles. The largest absolute Gasteiger partial charge is 0.446 e. The number of anilines is 1. The highest BCUT2D eigenvalue weighted by Gasteiger charge is 2.06. The molecule has 0 spiro atoms. The van der Waals surface area contributed by atoms with E-state index < -0.39 is 0 Å². The first-order valence-electron chi connectivity index (χ1n) is 5.34. The maximum Gasteiger partial charge on any atom is 0.319 e. The van der Waals surface area contributed by atoms with Crippen molar-refractivity contribution in [2.75, 3.05) is 5.32 Å². The van der Waals surface area contributed by atoms with Crippen LogP contribution in [0.3, 0.4) is 0 Å². The number of nitrogens with zero attached hydrogens (tertiary/aromatic N) is 1. The number of oxazole rings is 1. The first-order chi connectivity index (χ1) is 8.65. The van der Waals surface area contributed by atoms with E-state index in [0.29, 0.717) is 16.5 Å². The molecule has 1 aromatic carbocycles. The zero-order valence-electron chi connectivity index (χ0n) is 9.74. The normalized spacial score (nSPS) is 10.1. The number of amides is 2. The van der Waals surface area contributed by atoms with Gasteiger partial charge in [-0.05, 0) is 25.1 Å². The van der Waals surface area contributed by atoms with Gasteiger partial charge in [-0.25, -0.2) is 9.78 Å². The van der Waals surface area contributed by atoms with Crippen LogP contribution in [0.25, 0.3) is 0 Å². The average Bonchev–Trinajstić information content (AvgIpc) is 2.72. The number of carbonyl (C=O) groups is 1. The molecule has 1 heterocycles. The van der Waals surface area contributed by atoms with Crippen LogP contribution in [0.4, 0.5) is 10.5 Å². The number of hydrogen-bond acceptors (Lipinski definition) is 3. The predicted octanol–water partition coefficient (Wildman–Crippen LogP) is 2.96. The second kappa shape index (κ2) is 5.55. The summed E-state index contributed by atoms with van der Waals surface area (Å²) in [4.78, 5) is 15.5. The molecular formula is C12H12ClN3O2. The fourth-order valence-electron chi connectivity index (χ4n) is 1.40. The van der Waals surface area contributed by atoms with E-state index in [1.807, 2.05) is 6.92 Å². The van der Waals surface area contributed by atoms with Gasteiger partial charge in [0, 0.05) is 10.7 Å². The van der Waals surface area contributed by atoms with Crippen LogP contribution in [0, 0.1) is 6.92 Å². The fourth-order valence-corrected chi connectivity index (χ4v) is 1.59. The number of benzene rings is 1. The minimum absolute atomic E-state index is 0.290. The molecule has 0 fully saturated rings. The topological polar surface area (TPSA) is 67.2 Å². The summed E-state index contributed by atoms with van der Waals surface area (Å²) in [7, 11) is 0. The highest BCUT2D eigenvalue weighted by atomic mass is 35.5. The molecule has 5 nitrogen and oxygen atoms in total. The lowest BCUT2D eigenvalue weighted by Gasteiger charge is -2.06. The SMILES string of the molecule is Cc1ncoc1CNC(=O)Nc1cccc(Cl)c1. The van der Waals surface area contributed by atoms with E-state index in [1.54, 1.807) is 24.3 Å². The molecule has 6 heteroatoms. The summed E-state index contributed by atoms with van der Waals surface area (Å²) >= 11 is 5.81. The Balaban J connectivity index is 1.88. The Morgan fingerprint density at radius 3 is 3.00 bits per heavy atom. The van der Waals surface area contributed by atoms with E-state index in [9.17, 15) is 4.79 Å². The zero-order chi connectivity index (χ0) is 13.0. The van der Waals surface area contributed by atoms with Crippen molar-refractivity contribution in [1.29, 1.82) is 0 Å². The van der Waals surface area contributed by atoms with Crippen LogP contribution in [-0.4, -0.2) is 11.0 Å². The van der Waals surface area contributed by atoms with Gasteiger partial charge in [0.1, 0.15) is 5.76 Å². The summed E-state index contributed by atoms with van der Waals surface area (Å²) in [5, 5.41) is 5.90. The van der Waals surface area contributed by atoms with E-state index in [0.717, 1.165) is 5.69 Å². The highest BCUT2D eigenvalue weighted by Crippen LogP contribution is 2.14. The van der Waals surface area contributed by atoms with Gasteiger partial charge in [0.15, 0.2) is 6.39 Å². The smallest absolute Gasteiger partial charge is 0.319 e. The van der Waals surface area contributed by atoms with Crippen LogP contribution in [0.2, 0.25) is 5.02 Å². The molecule has 0 aliphatic carbocycles. The minimum Gasteiger partial charge on any atom is -0.446 e. The molecule has 2 aromatic rings. The molecule has 0 saturated heterocycles. The van der Waals surface area contributed by atoms with Crippen molar-refractivity contribution in [2.24, 2.45) is 0 Å². The lowest BCUT2D eigenvalue weighted by molar-refractivity contribution is 0.251. The summed E-state index contributed by atoms with van der Waals surface area (Å²) in [5.74, 6) is 0.635. The molecular weight excluding hydrogens is 254 g/mol. The van der Waals surface area contributed by atoms with E-state index in [4.69, 9.17) is 16.0 Å². The van der Waals surface area contributed by atoms with E-state index in [-0.39, 0.29) is 12.6 Å². The van der Waals surface area contributed by atoms with Crippen LogP contribution >= 0.6 is 11.6 Å². The van der Waals surface area contributed by atoms with Crippen molar-refractivity contribution < 1.29 is 9.21 Å². The first kappa shape index (κ1) is 12.4. The Bertz CT molecular complexity index is 554. The second-order valence-electron chi connectivity index (χ2n) is 3.68. The molecule has 0 aliphatic rings. The Labute approximate surface area is 109 Å². The van der Waals surface area contributed by atoms with Crippen LogP contribution in [0.15, 0.2) is 35.1 Å². The summed E-state index contributed by atoms with van der Waals surface area (Å²) in [6.45, 7) is 2.10. The second-order valence-corrected chi connectivity index (χ2v) is 4.12. The van der Waals surface area contributed by atoms with Crippen LogP contribution in [0.1, 0.15) is 11.5 Å². The lowest BCUT2D eigenvalue weighted by atomic mass is 10.3. The molecule has 0 unspecified atom stereocenters. The van der Waals surface area contributed by atoms with Gasteiger partial charge in [0.05, 0.1) is 12.2 Å². The van der Waals surface area contributed by atoms with Gasteiger partial charge in [-0.15, -0.1) is 0 Å². The monoisotopic (exact) mass is 265 g/mol. The number of halogens is 1. The van der Waals surface area contributed by atoms with Gasteiger partial charge in [-0.1, -0.05) is 17.7 Å². The highest BCUT2D eigenvalue weighted by molar-refractivity contribution is 6.30. The molecule has 2 amide bonds. The fraction of sp³-hybridized carbons (Fsp3) is 0.167. The molecule has 2 N–H and O–H groups in total. The number of nitrogens with one attached hydrogen (secondary N) is 2. The zero-order valence-corrected chi connectivity index (χ0v) is 10.5. The van der Waals surface area contributed by atoms with Crippen molar-refractivity contribution in [3.63, 3.8) is 0 Å². The van der Waals surface area contributed by atoms with E-state index >= 15 is 0 Å². The van der Waals surface area contributed by atoms with Crippen molar-refractivity contribution in [3.05, 3.63) is 47.1 Å². The molecule has 0 atom stereocenters. The Kier molecular flexibility index (Phi) is 3.84. The molecule has 94 valence electrons. The van der Waals surface area contributed by atoms with Crippen molar-refractivity contribution in [2.45, 2.75) is 13.5 Å². The summed E-state index contributed by atoms with van der Waals surface area (Å²) < 4.78 is 5.11. The predicted molar refractivity (Wildman–Crippen MR) is 68.6 cm³/mol. The number of aryl methyl sites for hydroxylation is 1. The van der Waals surface area contributed by atoms with Gasteiger partial charge < -0.3 is 15.1 Å². The number of rotatable bonds is 3. The van der Waals surface area contributed by atoms with Gasteiger partial charge in [0.25, 0.3) is 0 Å². The molecule has 2 rings (SSSR count). The maximum absolute atomic E-state index is 11.6. The number of aromatic nitrogens is 1. The molecule has 0 radical (unpaired) electrons. The lowest BCUT2D eigenvalue weighted by Crippen LogP contribution is -2.28. The third-order valence-electron chi connectivity index (χ3n) is 2.34. The standard InChI is InChI=1S/C12H12ClN3O2/c1-8-11(18-7-15-8)6-14-12(17)16-10-4-2-3-9(13)5-10/h2-5,7H,6H2,1H3,(H2,14,16,17). The number of hydrogen-bond donors (Lipinski definition) is 2. The van der Waals surface area contributed by atoms with Gasteiger partial charge in [-0.2, -0.15) is 0 Å². The maximum atomic E-state index is 11.6. The van der Waals surface area contributed by atoms with Crippen LogP contribution in [0.5, 0.6) is 0 Å². The Hall–Kier alpha value is -2.01. The van der Waals surface area contributed by atoms with Crippen molar-refractivity contribution >= 4 is 23.3 Å². The van der Waals surface area contributed by atoms with Gasteiger partial charge in [-0.3, -0.25) is 0 Å². The summed E-state index contributed by atoms with van der Waals surface area (Å²) in [6.07, 6.45) is 1.35. The third kappa shape index (κ3) is 3.24. The van der Waals surface area contributed by atoms with Gasteiger partial charge >= 0.3 is 6.03 Å². The van der Waals surface area contributed by atoms with Crippen LogP contribution < -0.4 is 10.6 Å². The molecule has 18 heavy (non-hydrogen) atoms. The number of carbonyl (C=O) groups excluding carboxylic acids is 1. The van der Waals surface area contributed by atoms with E-state index in [1.165, 1.54) is 6.39 Å². The Morgan fingerprint density at radius 1 is 1.50 bits per heavy atom. The van der Waals surface area contributed by atoms with Crippen molar-refractivity contribution in [3.8, 4) is 0 Å². The molecule has 0 saturated carbocycles. The third-order valence-corrected chi connectivity index (χ3v) is 2.57. The van der Waals surface area contributed by atoms with Gasteiger partial charge in [0.2, 0.25) is 0 Å². The molecule has 1 aromatic heterocycles.